The van der Waals surface area contributed by atoms with Crippen molar-refractivity contribution in [2.45, 2.75) is 70.2 Å². The van der Waals surface area contributed by atoms with Crippen molar-refractivity contribution in [3.8, 4) is 0 Å². The van der Waals surface area contributed by atoms with Gasteiger partial charge in [0, 0.05) is 19.1 Å². The van der Waals surface area contributed by atoms with Gasteiger partial charge in [0.1, 0.15) is 11.6 Å². The Balaban J connectivity index is 0.000000370. The number of carboxylic acid groups (broad SMARTS) is 1. The Kier molecular flexibility index (Phi) is 7.28. The Morgan fingerprint density at radius 2 is 1.86 bits per heavy atom. The molecule has 0 unspecified atom stereocenters. The Hall–Kier alpha value is -1.73. The van der Waals surface area contributed by atoms with Gasteiger partial charge in [-0.2, -0.15) is 17.5 Å². The number of aromatic nitrogens is 3. The van der Waals surface area contributed by atoms with Gasteiger partial charge in [0.05, 0.1) is 18.3 Å². The third-order valence-electron chi connectivity index (χ3n) is 4.83. The third-order valence-corrected chi connectivity index (χ3v) is 7.18. The maximum Gasteiger partial charge on any atom is 0.490 e. The number of halogens is 3. The first-order chi connectivity index (χ1) is 13.3. The largest absolute Gasteiger partial charge is 0.490 e. The molecule has 0 radical (unpaired) electrons. The molecular weight excluding hydrogens is 415 g/mol. The van der Waals surface area contributed by atoms with E-state index >= 15 is 0 Å². The zero-order valence-corrected chi connectivity index (χ0v) is 17.4. The van der Waals surface area contributed by atoms with Gasteiger partial charge in [-0.1, -0.05) is 0 Å². The van der Waals surface area contributed by atoms with Gasteiger partial charge < -0.3 is 9.67 Å². The molecule has 1 aromatic rings. The number of fused-ring (bicyclic) bond motifs is 1. The lowest BCUT2D eigenvalue weighted by molar-refractivity contribution is -0.192. The molecule has 13 heteroatoms. The molecule has 1 aromatic heterocycles. The van der Waals surface area contributed by atoms with Crippen LogP contribution in [0.15, 0.2) is 0 Å². The quantitative estimate of drug-likeness (QED) is 0.737. The lowest BCUT2D eigenvalue weighted by Crippen LogP contribution is -2.33. The van der Waals surface area contributed by atoms with Crippen LogP contribution in [0.3, 0.4) is 0 Å². The van der Waals surface area contributed by atoms with Gasteiger partial charge in [-0.15, -0.1) is 10.2 Å². The minimum Gasteiger partial charge on any atom is -0.475 e. The number of sulfonamides is 1. The summed E-state index contributed by atoms with van der Waals surface area (Å²) in [5.74, 6) is -1.06. The molecule has 2 aliphatic rings. The Bertz CT molecular complexity index is 821. The van der Waals surface area contributed by atoms with Crippen LogP contribution in [0.5, 0.6) is 0 Å². The SMILES string of the molecule is CC(C)N(C)Cc1nnc2n1CCCN(S(=O)(=O)C1CC1)C2.O=C(O)C(F)(F)F. The fourth-order valence-corrected chi connectivity index (χ4v) is 4.54. The molecule has 1 saturated carbocycles. The molecule has 1 N–H and O–H groups in total. The zero-order valence-electron chi connectivity index (χ0n) is 16.6. The molecular formula is C16H26F3N5O4S. The van der Waals surface area contributed by atoms with Crippen LogP contribution in [0.4, 0.5) is 13.2 Å². The summed E-state index contributed by atoms with van der Waals surface area (Å²) >= 11 is 0. The van der Waals surface area contributed by atoms with E-state index in [2.05, 4.69) is 40.6 Å². The average Bonchev–Trinajstić information content (AvgIpc) is 3.42. The number of carboxylic acids is 1. The summed E-state index contributed by atoms with van der Waals surface area (Å²) in [7, 11) is -1.08. The lowest BCUT2D eigenvalue weighted by Gasteiger charge is -2.20. The molecule has 0 saturated heterocycles. The van der Waals surface area contributed by atoms with E-state index in [0.29, 0.717) is 19.1 Å². The van der Waals surface area contributed by atoms with Gasteiger partial charge in [0.2, 0.25) is 10.0 Å². The smallest absolute Gasteiger partial charge is 0.475 e. The van der Waals surface area contributed by atoms with E-state index in [9.17, 15) is 21.6 Å². The topological polar surface area (TPSA) is 109 Å². The predicted octanol–water partition coefficient (Wildman–Crippen LogP) is 1.45. The number of carbonyl (C=O) groups is 1. The number of aliphatic carboxylic acids is 1. The summed E-state index contributed by atoms with van der Waals surface area (Å²) in [6.45, 7) is 6.76. The highest BCUT2D eigenvalue weighted by atomic mass is 32.2. The van der Waals surface area contributed by atoms with Crippen LogP contribution in [-0.4, -0.2) is 74.5 Å². The highest BCUT2D eigenvalue weighted by molar-refractivity contribution is 7.90. The van der Waals surface area contributed by atoms with Gasteiger partial charge in [-0.05, 0) is 40.2 Å². The lowest BCUT2D eigenvalue weighted by atomic mass is 10.3. The number of hydrogen-bond acceptors (Lipinski definition) is 6. The number of nitrogens with zero attached hydrogens (tertiary/aromatic N) is 5. The summed E-state index contributed by atoms with van der Waals surface area (Å²) in [6.07, 6.45) is -2.67. The van der Waals surface area contributed by atoms with Crippen molar-refractivity contribution in [1.29, 1.82) is 0 Å². The van der Waals surface area contributed by atoms with E-state index in [0.717, 1.165) is 44.0 Å². The van der Waals surface area contributed by atoms with E-state index in [1.54, 1.807) is 4.31 Å². The number of hydrogen-bond donors (Lipinski definition) is 1. The van der Waals surface area contributed by atoms with E-state index in [-0.39, 0.29) is 5.25 Å². The third kappa shape index (κ3) is 6.12. The van der Waals surface area contributed by atoms with Crippen LogP contribution in [0, 0.1) is 0 Å². The van der Waals surface area contributed by atoms with Crippen molar-refractivity contribution in [3.05, 3.63) is 11.6 Å². The predicted molar refractivity (Wildman–Crippen MR) is 97.3 cm³/mol. The molecule has 0 amide bonds. The monoisotopic (exact) mass is 441 g/mol. The van der Waals surface area contributed by atoms with Crippen molar-refractivity contribution in [2.75, 3.05) is 13.6 Å². The molecule has 2 heterocycles. The molecule has 1 aliphatic carbocycles. The van der Waals surface area contributed by atoms with Gasteiger partial charge >= 0.3 is 12.1 Å². The first-order valence-electron chi connectivity index (χ1n) is 9.24. The van der Waals surface area contributed by atoms with Crippen LogP contribution in [0.1, 0.15) is 44.8 Å². The van der Waals surface area contributed by atoms with Crippen LogP contribution >= 0.6 is 0 Å². The fraction of sp³-hybridized carbons (Fsp3) is 0.812. The second kappa shape index (κ2) is 8.96. The normalized spacial score (nSPS) is 18.2. The Morgan fingerprint density at radius 3 is 2.34 bits per heavy atom. The molecule has 0 aromatic carbocycles. The fourth-order valence-electron chi connectivity index (χ4n) is 2.71. The molecule has 0 atom stereocenters. The van der Waals surface area contributed by atoms with Gasteiger partial charge in [-0.3, -0.25) is 4.90 Å². The van der Waals surface area contributed by atoms with Crippen LogP contribution < -0.4 is 0 Å². The van der Waals surface area contributed by atoms with E-state index in [1.165, 1.54) is 0 Å². The van der Waals surface area contributed by atoms with Crippen molar-refractivity contribution in [1.82, 2.24) is 24.0 Å². The second-order valence-electron chi connectivity index (χ2n) is 7.43. The standard InChI is InChI=1S/C14H25N5O2S.C2HF3O2/c1-11(2)17(3)9-13-15-16-14-10-18(7-4-8-19(13)14)22(20,21)12-5-6-12;3-2(4,5)1(6)7/h11-12H,4-10H2,1-3H3;(H,6,7). The summed E-state index contributed by atoms with van der Waals surface area (Å²) in [4.78, 5) is 11.1. The summed E-state index contributed by atoms with van der Waals surface area (Å²) in [5.41, 5.74) is 0. The molecule has 1 fully saturated rings. The van der Waals surface area contributed by atoms with Crippen LogP contribution in [0.25, 0.3) is 0 Å². The molecule has 29 heavy (non-hydrogen) atoms. The van der Waals surface area contributed by atoms with Crippen molar-refractivity contribution < 1.29 is 31.5 Å². The summed E-state index contributed by atoms with van der Waals surface area (Å²) in [5, 5.41) is 15.5. The highest BCUT2D eigenvalue weighted by Crippen LogP contribution is 2.32. The minimum atomic E-state index is -5.08. The molecule has 1 aliphatic heterocycles. The maximum absolute atomic E-state index is 12.4. The molecule has 0 bridgehead atoms. The maximum atomic E-state index is 12.4. The van der Waals surface area contributed by atoms with Gasteiger partial charge in [0.25, 0.3) is 0 Å². The number of alkyl halides is 3. The van der Waals surface area contributed by atoms with Gasteiger partial charge in [-0.25, -0.2) is 13.2 Å². The highest BCUT2D eigenvalue weighted by Gasteiger charge is 2.41. The Morgan fingerprint density at radius 1 is 1.28 bits per heavy atom. The first kappa shape index (κ1) is 23.5. The van der Waals surface area contributed by atoms with Crippen LogP contribution in [-0.2, 0) is 34.5 Å². The van der Waals surface area contributed by atoms with E-state index < -0.39 is 22.2 Å². The molecule has 166 valence electrons. The molecule has 0 spiro atoms. The summed E-state index contributed by atoms with van der Waals surface area (Å²) in [6, 6.07) is 0.436. The van der Waals surface area contributed by atoms with Crippen molar-refractivity contribution in [2.24, 2.45) is 0 Å². The van der Waals surface area contributed by atoms with E-state index in [1.807, 2.05) is 0 Å². The van der Waals surface area contributed by atoms with E-state index in [4.69, 9.17) is 9.90 Å². The van der Waals surface area contributed by atoms with Gasteiger partial charge in [0.15, 0.2) is 0 Å². The van der Waals surface area contributed by atoms with Crippen molar-refractivity contribution >= 4 is 16.0 Å². The first-order valence-corrected chi connectivity index (χ1v) is 10.7. The molecule has 9 nitrogen and oxygen atoms in total. The minimum absolute atomic E-state index is 0.159. The van der Waals surface area contributed by atoms with Crippen LogP contribution in [0.2, 0.25) is 0 Å². The molecule has 3 rings (SSSR count). The second-order valence-corrected chi connectivity index (χ2v) is 9.64. The summed E-state index contributed by atoms with van der Waals surface area (Å²) < 4.78 is 60.3. The van der Waals surface area contributed by atoms with Crippen molar-refractivity contribution in [3.63, 3.8) is 0 Å². The average molecular weight is 441 g/mol. The zero-order chi connectivity index (χ0) is 22.0. The number of rotatable bonds is 5. The Labute approximate surface area is 167 Å².